The number of esters is 1. The Bertz CT molecular complexity index is 454. The number of halogens is 1. The molecule has 22 heavy (non-hydrogen) atoms. The SMILES string of the molecule is CCCCCCCCOC(=O)CCC(=O)c1ccc(Br)cc1. The molecule has 0 aliphatic heterocycles. The normalized spacial score (nSPS) is 10.5. The first-order valence-electron chi connectivity index (χ1n) is 8.08. The van der Waals surface area contributed by atoms with E-state index >= 15 is 0 Å². The largest absolute Gasteiger partial charge is 0.466 e. The van der Waals surface area contributed by atoms with E-state index in [1.807, 2.05) is 12.1 Å². The van der Waals surface area contributed by atoms with E-state index in [0.717, 1.165) is 17.3 Å². The average molecular weight is 369 g/mol. The van der Waals surface area contributed by atoms with Crippen LogP contribution in [0.25, 0.3) is 0 Å². The maximum absolute atomic E-state index is 11.9. The summed E-state index contributed by atoms with van der Waals surface area (Å²) in [6.07, 6.45) is 7.35. The van der Waals surface area contributed by atoms with E-state index in [1.165, 1.54) is 25.7 Å². The van der Waals surface area contributed by atoms with Crippen LogP contribution in [0.5, 0.6) is 0 Å². The van der Waals surface area contributed by atoms with Crippen LogP contribution in [0.4, 0.5) is 0 Å². The van der Waals surface area contributed by atoms with Gasteiger partial charge in [0, 0.05) is 16.5 Å². The van der Waals surface area contributed by atoms with Gasteiger partial charge in [-0.15, -0.1) is 0 Å². The monoisotopic (exact) mass is 368 g/mol. The van der Waals surface area contributed by atoms with Gasteiger partial charge in [-0.2, -0.15) is 0 Å². The molecule has 0 saturated heterocycles. The van der Waals surface area contributed by atoms with Crippen LogP contribution >= 0.6 is 15.9 Å². The summed E-state index contributed by atoms with van der Waals surface area (Å²) in [7, 11) is 0. The van der Waals surface area contributed by atoms with Gasteiger partial charge < -0.3 is 4.74 Å². The molecule has 1 aromatic rings. The number of rotatable bonds is 11. The highest BCUT2D eigenvalue weighted by Gasteiger charge is 2.10. The third-order valence-electron chi connectivity index (χ3n) is 3.48. The van der Waals surface area contributed by atoms with Crippen molar-refractivity contribution in [3.8, 4) is 0 Å². The number of ketones is 1. The van der Waals surface area contributed by atoms with E-state index in [4.69, 9.17) is 4.74 Å². The van der Waals surface area contributed by atoms with Crippen molar-refractivity contribution in [2.45, 2.75) is 58.3 Å². The van der Waals surface area contributed by atoms with Gasteiger partial charge in [0.15, 0.2) is 5.78 Å². The highest BCUT2D eigenvalue weighted by molar-refractivity contribution is 9.10. The molecular weight excluding hydrogens is 344 g/mol. The minimum absolute atomic E-state index is 0.0241. The summed E-state index contributed by atoms with van der Waals surface area (Å²) in [6, 6.07) is 7.16. The van der Waals surface area contributed by atoms with Gasteiger partial charge >= 0.3 is 5.97 Å². The van der Waals surface area contributed by atoms with Crippen LogP contribution in [0.3, 0.4) is 0 Å². The Morgan fingerprint density at radius 1 is 0.955 bits per heavy atom. The van der Waals surface area contributed by atoms with E-state index in [9.17, 15) is 9.59 Å². The number of Topliss-reactive ketones (excluding diaryl/α,β-unsaturated/α-hetero) is 1. The lowest BCUT2D eigenvalue weighted by Gasteiger charge is -2.05. The van der Waals surface area contributed by atoms with E-state index in [1.54, 1.807) is 12.1 Å². The van der Waals surface area contributed by atoms with Crippen LogP contribution in [0.2, 0.25) is 0 Å². The third kappa shape index (κ3) is 8.32. The van der Waals surface area contributed by atoms with Crippen molar-refractivity contribution in [3.63, 3.8) is 0 Å². The van der Waals surface area contributed by atoms with Crippen molar-refractivity contribution in [3.05, 3.63) is 34.3 Å². The summed E-state index contributed by atoms with van der Waals surface area (Å²) >= 11 is 3.33. The van der Waals surface area contributed by atoms with Crippen LogP contribution in [0, 0.1) is 0 Å². The van der Waals surface area contributed by atoms with Crippen LogP contribution in [0.15, 0.2) is 28.7 Å². The van der Waals surface area contributed by atoms with E-state index in [2.05, 4.69) is 22.9 Å². The second kappa shape index (κ2) is 11.4. The standard InChI is InChI=1S/C18H25BrO3/c1-2-3-4-5-6-7-14-22-18(21)13-12-17(20)15-8-10-16(19)11-9-15/h8-11H,2-7,12-14H2,1H3. The van der Waals surface area contributed by atoms with Crippen molar-refractivity contribution >= 4 is 27.7 Å². The number of carbonyl (C=O) groups excluding carboxylic acids is 2. The molecule has 0 unspecified atom stereocenters. The Kier molecular flexibility index (Phi) is 9.80. The summed E-state index contributed by atoms with van der Waals surface area (Å²) in [5, 5.41) is 0. The Morgan fingerprint density at radius 2 is 1.59 bits per heavy atom. The first-order valence-corrected chi connectivity index (χ1v) is 8.87. The fourth-order valence-corrected chi connectivity index (χ4v) is 2.40. The molecule has 0 spiro atoms. The highest BCUT2D eigenvalue weighted by atomic mass is 79.9. The molecule has 0 amide bonds. The third-order valence-corrected chi connectivity index (χ3v) is 4.01. The molecule has 0 atom stereocenters. The Hall–Kier alpha value is -1.16. The highest BCUT2D eigenvalue weighted by Crippen LogP contribution is 2.13. The number of ether oxygens (including phenoxy) is 1. The van der Waals surface area contributed by atoms with E-state index in [-0.39, 0.29) is 24.6 Å². The predicted octanol–water partition coefficient (Wildman–Crippen LogP) is 5.32. The van der Waals surface area contributed by atoms with Crippen molar-refractivity contribution < 1.29 is 14.3 Å². The summed E-state index contributed by atoms with van der Waals surface area (Å²) in [5.41, 5.74) is 0.631. The Morgan fingerprint density at radius 3 is 2.27 bits per heavy atom. The molecule has 0 aliphatic carbocycles. The zero-order valence-corrected chi connectivity index (χ0v) is 14.9. The molecule has 0 aliphatic rings. The zero-order valence-electron chi connectivity index (χ0n) is 13.3. The second-order valence-electron chi connectivity index (χ2n) is 5.42. The van der Waals surface area contributed by atoms with E-state index < -0.39 is 0 Å². The molecule has 1 aromatic carbocycles. The van der Waals surface area contributed by atoms with Crippen molar-refractivity contribution in [2.24, 2.45) is 0 Å². The summed E-state index contributed by atoms with van der Waals surface area (Å²) < 4.78 is 6.09. The van der Waals surface area contributed by atoms with Crippen LogP contribution in [-0.2, 0) is 9.53 Å². The predicted molar refractivity (Wildman–Crippen MR) is 92.0 cm³/mol. The Labute approximate surface area is 141 Å². The fraction of sp³-hybridized carbons (Fsp3) is 0.556. The minimum Gasteiger partial charge on any atom is -0.466 e. The lowest BCUT2D eigenvalue weighted by molar-refractivity contribution is -0.143. The number of carbonyl (C=O) groups is 2. The smallest absolute Gasteiger partial charge is 0.306 e. The fourth-order valence-electron chi connectivity index (χ4n) is 2.14. The first-order chi connectivity index (χ1) is 10.6. The lowest BCUT2D eigenvalue weighted by atomic mass is 10.1. The molecule has 0 heterocycles. The maximum Gasteiger partial charge on any atom is 0.306 e. The summed E-state index contributed by atoms with van der Waals surface area (Å²) in [4.78, 5) is 23.5. The van der Waals surface area contributed by atoms with Gasteiger partial charge in [-0.3, -0.25) is 9.59 Å². The van der Waals surface area contributed by atoms with Crippen molar-refractivity contribution in [1.82, 2.24) is 0 Å². The van der Waals surface area contributed by atoms with Crippen molar-refractivity contribution in [2.75, 3.05) is 6.61 Å². The van der Waals surface area contributed by atoms with Gasteiger partial charge in [-0.25, -0.2) is 0 Å². The first kappa shape index (κ1) is 18.9. The van der Waals surface area contributed by atoms with Crippen LogP contribution in [0.1, 0.15) is 68.6 Å². The van der Waals surface area contributed by atoms with Gasteiger partial charge in [0.25, 0.3) is 0 Å². The van der Waals surface area contributed by atoms with Crippen molar-refractivity contribution in [1.29, 1.82) is 0 Å². The molecule has 1 rings (SSSR count). The molecule has 0 saturated carbocycles. The quantitative estimate of drug-likeness (QED) is 0.301. The van der Waals surface area contributed by atoms with Gasteiger partial charge in [0.05, 0.1) is 13.0 Å². The number of hydrogen-bond acceptors (Lipinski definition) is 3. The topological polar surface area (TPSA) is 43.4 Å². The molecule has 3 nitrogen and oxygen atoms in total. The lowest BCUT2D eigenvalue weighted by Crippen LogP contribution is -2.09. The molecule has 0 fully saturated rings. The molecular formula is C18H25BrO3. The molecule has 0 aromatic heterocycles. The number of hydrogen-bond donors (Lipinski definition) is 0. The Balaban J connectivity index is 2.10. The second-order valence-corrected chi connectivity index (χ2v) is 6.33. The molecule has 4 heteroatoms. The molecule has 0 N–H and O–H groups in total. The molecule has 0 bridgehead atoms. The summed E-state index contributed by atoms with van der Waals surface area (Å²) in [6.45, 7) is 2.66. The van der Waals surface area contributed by atoms with Gasteiger partial charge in [0.1, 0.15) is 0 Å². The number of benzene rings is 1. The van der Waals surface area contributed by atoms with Gasteiger partial charge in [-0.1, -0.05) is 67.1 Å². The molecule has 0 radical (unpaired) electrons. The average Bonchev–Trinajstić information content (AvgIpc) is 2.52. The van der Waals surface area contributed by atoms with Crippen LogP contribution < -0.4 is 0 Å². The zero-order chi connectivity index (χ0) is 16.2. The summed E-state index contributed by atoms with van der Waals surface area (Å²) in [5.74, 6) is -0.303. The maximum atomic E-state index is 11.9. The molecule has 122 valence electrons. The minimum atomic E-state index is -0.279. The number of unbranched alkanes of at least 4 members (excludes halogenated alkanes) is 5. The van der Waals surface area contributed by atoms with Gasteiger partial charge in [-0.05, 0) is 18.6 Å². The van der Waals surface area contributed by atoms with Gasteiger partial charge in [0.2, 0.25) is 0 Å². The van der Waals surface area contributed by atoms with E-state index in [0.29, 0.717) is 12.2 Å². The van der Waals surface area contributed by atoms with Crippen LogP contribution in [-0.4, -0.2) is 18.4 Å².